The summed E-state index contributed by atoms with van der Waals surface area (Å²) < 4.78 is 9.92. The number of carbonyl (C=O) groups excluding carboxylic acids is 1. The first kappa shape index (κ1) is 17.8. The molecule has 0 radical (unpaired) electrons. The van der Waals surface area contributed by atoms with Crippen LogP contribution >= 0.6 is 0 Å². The first-order valence-electron chi connectivity index (χ1n) is 7.67. The number of anilines is 2. The van der Waals surface area contributed by atoms with E-state index in [4.69, 9.17) is 9.47 Å². The summed E-state index contributed by atoms with van der Waals surface area (Å²) in [5.41, 5.74) is 1.04. The maximum absolute atomic E-state index is 12.4. The van der Waals surface area contributed by atoms with Gasteiger partial charge in [-0.25, -0.2) is 9.97 Å². The average molecular weight is 330 g/mol. The highest BCUT2D eigenvalue weighted by molar-refractivity contribution is 6.08. The van der Waals surface area contributed by atoms with Crippen LogP contribution in [0.25, 0.3) is 0 Å². The Kier molecular flexibility index (Phi) is 7.13. The van der Waals surface area contributed by atoms with Crippen LogP contribution in [0.1, 0.15) is 15.9 Å². The first-order chi connectivity index (χ1) is 11.7. The molecular weight excluding hydrogens is 308 g/mol. The van der Waals surface area contributed by atoms with Crippen molar-refractivity contribution in [1.29, 1.82) is 0 Å². The zero-order chi connectivity index (χ0) is 17.2. The van der Waals surface area contributed by atoms with E-state index in [-0.39, 0.29) is 5.78 Å². The molecule has 0 aromatic carbocycles. The number of nitrogens with zero attached hydrogens (tertiary/aromatic N) is 2. The van der Waals surface area contributed by atoms with Gasteiger partial charge in [0, 0.05) is 50.8 Å². The van der Waals surface area contributed by atoms with Gasteiger partial charge in [0.15, 0.2) is 5.78 Å². The van der Waals surface area contributed by atoms with Crippen LogP contribution in [0.15, 0.2) is 36.7 Å². The standard InChI is InChI=1S/C17H22N4O3/c1-23-9-7-18-15-5-3-13(11-20-15)17(22)14-4-6-16(21-12-14)19-8-10-24-2/h3-6,11-12H,7-10H2,1-2H3,(H,18,20)(H,19,21). The van der Waals surface area contributed by atoms with Crippen molar-refractivity contribution < 1.29 is 14.3 Å². The van der Waals surface area contributed by atoms with Gasteiger partial charge in [-0.05, 0) is 24.3 Å². The van der Waals surface area contributed by atoms with Gasteiger partial charge in [-0.3, -0.25) is 4.79 Å². The molecule has 0 aliphatic carbocycles. The Morgan fingerprint density at radius 1 is 0.875 bits per heavy atom. The maximum atomic E-state index is 12.4. The van der Waals surface area contributed by atoms with Gasteiger partial charge in [-0.2, -0.15) is 0 Å². The fraction of sp³-hybridized carbons (Fsp3) is 0.353. The summed E-state index contributed by atoms with van der Waals surface area (Å²) in [6.45, 7) is 2.52. The molecule has 2 heterocycles. The molecule has 2 aromatic heterocycles. The number of nitrogens with one attached hydrogen (secondary N) is 2. The predicted octanol–water partition coefficient (Wildman–Crippen LogP) is 1.82. The number of hydrogen-bond acceptors (Lipinski definition) is 7. The third-order valence-electron chi connectivity index (χ3n) is 3.28. The van der Waals surface area contributed by atoms with E-state index in [1.165, 1.54) is 0 Å². The van der Waals surface area contributed by atoms with Crippen molar-refractivity contribution in [2.24, 2.45) is 0 Å². The van der Waals surface area contributed by atoms with Crippen molar-refractivity contribution in [3.63, 3.8) is 0 Å². The molecule has 0 bridgehead atoms. The van der Waals surface area contributed by atoms with Crippen LogP contribution in [0, 0.1) is 0 Å². The van der Waals surface area contributed by atoms with E-state index in [1.54, 1.807) is 50.9 Å². The molecule has 0 atom stereocenters. The third kappa shape index (κ3) is 5.29. The Labute approximate surface area is 141 Å². The van der Waals surface area contributed by atoms with Crippen molar-refractivity contribution >= 4 is 17.4 Å². The Morgan fingerprint density at radius 3 is 1.67 bits per heavy atom. The zero-order valence-electron chi connectivity index (χ0n) is 13.9. The minimum absolute atomic E-state index is 0.109. The van der Waals surface area contributed by atoms with Crippen LogP contribution in [0.5, 0.6) is 0 Å². The normalized spacial score (nSPS) is 10.4. The number of rotatable bonds is 10. The number of aromatic nitrogens is 2. The van der Waals surface area contributed by atoms with E-state index in [0.29, 0.717) is 49.1 Å². The largest absolute Gasteiger partial charge is 0.383 e. The fourth-order valence-corrected chi connectivity index (χ4v) is 1.99. The first-order valence-corrected chi connectivity index (χ1v) is 7.67. The van der Waals surface area contributed by atoms with Gasteiger partial charge < -0.3 is 20.1 Å². The summed E-state index contributed by atoms with van der Waals surface area (Å²) in [6.07, 6.45) is 3.12. The number of carbonyl (C=O) groups is 1. The van der Waals surface area contributed by atoms with Crippen LogP contribution in [0.2, 0.25) is 0 Å². The van der Waals surface area contributed by atoms with E-state index in [9.17, 15) is 4.79 Å². The van der Waals surface area contributed by atoms with Gasteiger partial charge in [0.25, 0.3) is 0 Å². The molecule has 2 N–H and O–H groups in total. The molecule has 2 aromatic rings. The molecule has 0 aliphatic heterocycles. The summed E-state index contributed by atoms with van der Waals surface area (Å²) in [6, 6.07) is 7.04. The highest BCUT2D eigenvalue weighted by Gasteiger charge is 2.10. The molecule has 0 fully saturated rings. The van der Waals surface area contributed by atoms with Crippen molar-refractivity contribution in [2.75, 3.05) is 51.2 Å². The number of ketones is 1. The van der Waals surface area contributed by atoms with Crippen LogP contribution in [-0.4, -0.2) is 56.3 Å². The SMILES string of the molecule is COCCNc1ccc(C(=O)c2ccc(NCCOC)nc2)cn1. The summed E-state index contributed by atoms with van der Waals surface area (Å²) in [4.78, 5) is 20.9. The lowest BCUT2D eigenvalue weighted by atomic mass is 10.1. The van der Waals surface area contributed by atoms with E-state index in [2.05, 4.69) is 20.6 Å². The number of pyridine rings is 2. The molecule has 7 heteroatoms. The molecule has 0 amide bonds. The monoisotopic (exact) mass is 330 g/mol. The quantitative estimate of drug-likeness (QED) is 0.508. The van der Waals surface area contributed by atoms with E-state index < -0.39 is 0 Å². The van der Waals surface area contributed by atoms with Crippen LogP contribution in [-0.2, 0) is 9.47 Å². The fourth-order valence-electron chi connectivity index (χ4n) is 1.99. The summed E-state index contributed by atoms with van der Waals surface area (Å²) in [7, 11) is 3.28. The molecular formula is C17H22N4O3. The second-order valence-corrected chi connectivity index (χ2v) is 5.03. The van der Waals surface area contributed by atoms with Crippen LogP contribution < -0.4 is 10.6 Å². The van der Waals surface area contributed by atoms with Crippen molar-refractivity contribution in [2.45, 2.75) is 0 Å². The minimum atomic E-state index is -0.109. The van der Waals surface area contributed by atoms with Crippen LogP contribution in [0.4, 0.5) is 11.6 Å². The summed E-state index contributed by atoms with van der Waals surface area (Å²) >= 11 is 0. The summed E-state index contributed by atoms with van der Waals surface area (Å²) in [5.74, 6) is 1.31. The maximum Gasteiger partial charge on any atom is 0.196 e. The lowest BCUT2D eigenvalue weighted by Gasteiger charge is -2.07. The van der Waals surface area contributed by atoms with Gasteiger partial charge >= 0.3 is 0 Å². The van der Waals surface area contributed by atoms with Crippen LogP contribution in [0.3, 0.4) is 0 Å². The van der Waals surface area contributed by atoms with Gasteiger partial charge in [0.05, 0.1) is 13.2 Å². The third-order valence-corrected chi connectivity index (χ3v) is 3.28. The molecule has 0 spiro atoms. The zero-order valence-corrected chi connectivity index (χ0v) is 13.9. The van der Waals surface area contributed by atoms with Gasteiger partial charge in [0.1, 0.15) is 11.6 Å². The van der Waals surface area contributed by atoms with Crippen molar-refractivity contribution in [3.8, 4) is 0 Å². The highest BCUT2D eigenvalue weighted by Crippen LogP contribution is 2.12. The Morgan fingerprint density at radius 2 is 1.33 bits per heavy atom. The number of ether oxygens (including phenoxy) is 2. The second-order valence-electron chi connectivity index (χ2n) is 5.03. The minimum Gasteiger partial charge on any atom is -0.383 e. The Hall–Kier alpha value is -2.51. The topological polar surface area (TPSA) is 85.4 Å². The number of methoxy groups -OCH3 is 2. The van der Waals surface area contributed by atoms with E-state index in [0.717, 1.165) is 0 Å². The second kappa shape index (κ2) is 9.59. The molecule has 128 valence electrons. The smallest absolute Gasteiger partial charge is 0.196 e. The highest BCUT2D eigenvalue weighted by atomic mass is 16.5. The Bertz CT molecular complexity index is 574. The Balaban J connectivity index is 1.95. The molecule has 0 aliphatic rings. The molecule has 0 unspecified atom stereocenters. The predicted molar refractivity (Wildman–Crippen MR) is 92.6 cm³/mol. The number of hydrogen-bond donors (Lipinski definition) is 2. The van der Waals surface area contributed by atoms with E-state index in [1.807, 2.05) is 0 Å². The van der Waals surface area contributed by atoms with Gasteiger partial charge in [0.2, 0.25) is 0 Å². The van der Waals surface area contributed by atoms with Gasteiger partial charge in [-0.15, -0.1) is 0 Å². The lowest BCUT2D eigenvalue weighted by Crippen LogP contribution is -2.10. The van der Waals surface area contributed by atoms with Crippen molar-refractivity contribution in [1.82, 2.24) is 9.97 Å². The molecule has 0 saturated carbocycles. The van der Waals surface area contributed by atoms with Crippen molar-refractivity contribution in [3.05, 3.63) is 47.8 Å². The average Bonchev–Trinajstić information content (AvgIpc) is 2.63. The molecule has 7 nitrogen and oxygen atoms in total. The molecule has 2 rings (SSSR count). The van der Waals surface area contributed by atoms with Gasteiger partial charge in [-0.1, -0.05) is 0 Å². The summed E-state index contributed by atoms with van der Waals surface area (Å²) in [5, 5.41) is 6.21. The van der Waals surface area contributed by atoms with E-state index >= 15 is 0 Å². The lowest BCUT2D eigenvalue weighted by molar-refractivity contribution is 0.103. The molecule has 24 heavy (non-hydrogen) atoms. The molecule has 0 saturated heterocycles.